The van der Waals surface area contributed by atoms with Crippen LogP contribution >= 0.6 is 27.3 Å². The fourth-order valence-corrected chi connectivity index (χ4v) is 2.70. The average molecular weight is 244 g/mol. The third-order valence-electron chi connectivity index (χ3n) is 1.53. The zero-order chi connectivity index (χ0) is 8.72. The molecule has 0 amide bonds. The number of nitrogens with two attached hydrogens (primary N) is 1. The van der Waals surface area contributed by atoms with Crippen LogP contribution in [0.5, 0.6) is 0 Å². The van der Waals surface area contributed by atoms with Crippen LogP contribution in [0.15, 0.2) is 9.85 Å². The quantitative estimate of drug-likeness (QED) is 0.773. The molecule has 0 radical (unpaired) electrons. The van der Waals surface area contributed by atoms with Gasteiger partial charge in [0.1, 0.15) is 16.5 Å². The van der Waals surface area contributed by atoms with Crippen LogP contribution in [0.25, 0.3) is 10.2 Å². The number of hydrogen-bond donors (Lipinski definition) is 1. The summed E-state index contributed by atoms with van der Waals surface area (Å²) in [7, 11) is 0. The van der Waals surface area contributed by atoms with Crippen molar-refractivity contribution < 1.29 is 0 Å². The van der Waals surface area contributed by atoms with Crippen LogP contribution < -0.4 is 5.73 Å². The van der Waals surface area contributed by atoms with E-state index in [0.29, 0.717) is 11.6 Å². The van der Waals surface area contributed by atoms with E-state index in [4.69, 9.17) is 5.73 Å². The lowest BCUT2D eigenvalue weighted by Crippen LogP contribution is -1.95. The van der Waals surface area contributed by atoms with Gasteiger partial charge in [0.15, 0.2) is 0 Å². The van der Waals surface area contributed by atoms with Crippen molar-refractivity contribution in [2.45, 2.75) is 6.92 Å². The van der Waals surface area contributed by atoms with Gasteiger partial charge in [0.05, 0.1) is 5.39 Å². The maximum Gasteiger partial charge on any atom is 0.137 e. The molecule has 2 aromatic heterocycles. The first-order chi connectivity index (χ1) is 5.68. The Labute approximate surface area is 81.8 Å². The van der Waals surface area contributed by atoms with Crippen LogP contribution in [0.2, 0.25) is 0 Å². The average Bonchev–Trinajstić information content (AvgIpc) is 2.31. The first-order valence-corrected chi connectivity index (χ1v) is 5.02. The highest BCUT2D eigenvalue weighted by Crippen LogP contribution is 2.31. The van der Waals surface area contributed by atoms with Crippen molar-refractivity contribution in [1.29, 1.82) is 0 Å². The monoisotopic (exact) mass is 243 g/mol. The molecule has 0 bridgehead atoms. The summed E-state index contributed by atoms with van der Waals surface area (Å²) in [6, 6.07) is 0. The Morgan fingerprint density at radius 3 is 3.00 bits per heavy atom. The van der Waals surface area contributed by atoms with Gasteiger partial charge < -0.3 is 5.73 Å². The van der Waals surface area contributed by atoms with E-state index in [1.54, 1.807) is 11.3 Å². The van der Waals surface area contributed by atoms with Gasteiger partial charge in [-0.25, -0.2) is 9.97 Å². The van der Waals surface area contributed by atoms with Gasteiger partial charge in [-0.1, -0.05) is 0 Å². The number of hydrogen-bond acceptors (Lipinski definition) is 4. The van der Waals surface area contributed by atoms with Gasteiger partial charge in [-0.05, 0) is 22.9 Å². The number of rotatable bonds is 0. The van der Waals surface area contributed by atoms with Crippen molar-refractivity contribution in [3.8, 4) is 0 Å². The fraction of sp³-hybridized carbons (Fsp3) is 0.143. The molecule has 0 aliphatic rings. The summed E-state index contributed by atoms with van der Waals surface area (Å²) in [6.45, 7) is 1.84. The van der Waals surface area contributed by atoms with Gasteiger partial charge in [0, 0.05) is 9.85 Å². The molecule has 62 valence electrons. The zero-order valence-corrected chi connectivity index (χ0v) is 8.74. The SMILES string of the molecule is Cc1nc(N)c2c(Br)csc2n1. The highest BCUT2D eigenvalue weighted by Gasteiger charge is 2.07. The molecule has 0 aromatic carbocycles. The second-order valence-corrected chi connectivity index (χ2v) is 4.13. The van der Waals surface area contributed by atoms with Gasteiger partial charge in [-0.3, -0.25) is 0 Å². The van der Waals surface area contributed by atoms with Crippen LogP contribution in [0.4, 0.5) is 5.82 Å². The molecule has 0 saturated carbocycles. The largest absolute Gasteiger partial charge is 0.383 e. The Hall–Kier alpha value is -0.680. The summed E-state index contributed by atoms with van der Waals surface area (Å²) >= 11 is 4.96. The lowest BCUT2D eigenvalue weighted by molar-refractivity contribution is 1.11. The van der Waals surface area contributed by atoms with Gasteiger partial charge in [0.25, 0.3) is 0 Å². The zero-order valence-electron chi connectivity index (χ0n) is 6.34. The minimum atomic E-state index is 0.547. The van der Waals surface area contributed by atoms with E-state index in [2.05, 4.69) is 25.9 Å². The summed E-state index contributed by atoms with van der Waals surface area (Å²) in [6.07, 6.45) is 0. The summed E-state index contributed by atoms with van der Waals surface area (Å²) in [5.74, 6) is 1.26. The molecule has 0 unspecified atom stereocenters. The van der Waals surface area contributed by atoms with Crippen LogP contribution in [0, 0.1) is 6.92 Å². The molecule has 0 fully saturated rings. The Kier molecular flexibility index (Phi) is 1.77. The highest BCUT2D eigenvalue weighted by atomic mass is 79.9. The Bertz CT molecular complexity index is 437. The number of aromatic nitrogens is 2. The van der Waals surface area contributed by atoms with Crippen LogP contribution in [-0.4, -0.2) is 9.97 Å². The molecule has 0 aliphatic carbocycles. The van der Waals surface area contributed by atoms with Crippen molar-refractivity contribution in [3.05, 3.63) is 15.7 Å². The van der Waals surface area contributed by atoms with E-state index >= 15 is 0 Å². The number of nitrogen functional groups attached to an aromatic ring is 1. The minimum Gasteiger partial charge on any atom is -0.383 e. The van der Waals surface area contributed by atoms with E-state index in [0.717, 1.165) is 14.7 Å². The fourth-order valence-electron chi connectivity index (χ4n) is 1.04. The molecule has 2 heterocycles. The number of aryl methyl sites for hydroxylation is 1. The van der Waals surface area contributed by atoms with Crippen molar-refractivity contribution in [2.75, 3.05) is 5.73 Å². The molecular weight excluding hydrogens is 238 g/mol. The summed E-state index contributed by atoms with van der Waals surface area (Å²) in [4.78, 5) is 9.27. The number of halogens is 1. The van der Waals surface area contributed by atoms with E-state index in [1.165, 1.54) is 0 Å². The van der Waals surface area contributed by atoms with Crippen molar-refractivity contribution in [3.63, 3.8) is 0 Å². The molecule has 2 rings (SSSR count). The summed E-state index contributed by atoms with van der Waals surface area (Å²) in [5, 5.41) is 2.89. The maximum absolute atomic E-state index is 5.73. The van der Waals surface area contributed by atoms with Gasteiger partial charge >= 0.3 is 0 Å². The minimum absolute atomic E-state index is 0.547. The second-order valence-electron chi connectivity index (χ2n) is 2.42. The van der Waals surface area contributed by atoms with E-state index in [1.807, 2.05) is 12.3 Å². The molecule has 0 saturated heterocycles. The molecule has 2 N–H and O–H groups in total. The maximum atomic E-state index is 5.73. The number of fused-ring (bicyclic) bond motifs is 1. The van der Waals surface area contributed by atoms with Gasteiger partial charge in [-0.15, -0.1) is 11.3 Å². The van der Waals surface area contributed by atoms with E-state index < -0.39 is 0 Å². The standard InChI is InChI=1S/C7H6BrN3S/c1-3-10-6(9)5-4(8)2-12-7(5)11-3/h2H,1H3,(H2,9,10,11). The second kappa shape index (κ2) is 2.67. The smallest absolute Gasteiger partial charge is 0.137 e. The van der Waals surface area contributed by atoms with E-state index in [9.17, 15) is 0 Å². The number of nitrogens with zero attached hydrogens (tertiary/aromatic N) is 2. The number of thiophene rings is 1. The van der Waals surface area contributed by atoms with Gasteiger partial charge in [0.2, 0.25) is 0 Å². The predicted octanol–water partition coefficient (Wildman–Crippen LogP) is 2.34. The third-order valence-corrected chi connectivity index (χ3v) is 3.33. The molecule has 0 aliphatic heterocycles. The molecule has 0 atom stereocenters. The molecule has 5 heteroatoms. The van der Waals surface area contributed by atoms with Crippen LogP contribution in [0.3, 0.4) is 0 Å². The third kappa shape index (κ3) is 1.09. The first kappa shape index (κ1) is 7.94. The van der Waals surface area contributed by atoms with Gasteiger partial charge in [-0.2, -0.15) is 0 Å². The highest BCUT2D eigenvalue weighted by molar-refractivity contribution is 9.10. The molecule has 3 nitrogen and oxygen atoms in total. The Balaban J connectivity index is 2.93. The predicted molar refractivity (Wildman–Crippen MR) is 54.3 cm³/mol. The lowest BCUT2D eigenvalue weighted by Gasteiger charge is -1.96. The topological polar surface area (TPSA) is 51.8 Å². The van der Waals surface area contributed by atoms with Crippen molar-refractivity contribution in [2.24, 2.45) is 0 Å². The molecule has 0 spiro atoms. The first-order valence-electron chi connectivity index (χ1n) is 3.35. The molecule has 12 heavy (non-hydrogen) atoms. The molecular formula is C7H6BrN3S. The Morgan fingerprint density at radius 2 is 2.25 bits per heavy atom. The summed E-state index contributed by atoms with van der Waals surface area (Å²) in [5.41, 5.74) is 5.73. The Morgan fingerprint density at radius 1 is 1.50 bits per heavy atom. The van der Waals surface area contributed by atoms with Crippen molar-refractivity contribution >= 4 is 43.3 Å². The van der Waals surface area contributed by atoms with Crippen LogP contribution in [-0.2, 0) is 0 Å². The van der Waals surface area contributed by atoms with Crippen molar-refractivity contribution in [1.82, 2.24) is 9.97 Å². The normalized spacial score (nSPS) is 10.8. The van der Waals surface area contributed by atoms with E-state index in [-0.39, 0.29) is 0 Å². The summed E-state index contributed by atoms with van der Waals surface area (Å²) < 4.78 is 0.972. The number of anilines is 1. The molecule has 2 aromatic rings. The van der Waals surface area contributed by atoms with Crippen LogP contribution in [0.1, 0.15) is 5.82 Å². The lowest BCUT2D eigenvalue weighted by atomic mass is 10.4.